The summed E-state index contributed by atoms with van der Waals surface area (Å²) < 4.78 is 91.2. The van der Waals surface area contributed by atoms with E-state index in [-0.39, 0.29) is 58.8 Å². The molecule has 0 bridgehead atoms. The maximum absolute atomic E-state index is 14.9. The summed E-state index contributed by atoms with van der Waals surface area (Å²) in [6.45, 7) is 4.24. The average molecular weight is 1060 g/mol. The highest BCUT2D eigenvalue weighted by Gasteiger charge is 2.48. The summed E-state index contributed by atoms with van der Waals surface area (Å²) in [4.78, 5) is 43.1. The third-order valence-electron chi connectivity index (χ3n) is 16.1. The third kappa shape index (κ3) is 8.84. The summed E-state index contributed by atoms with van der Waals surface area (Å²) in [5.41, 5.74) is 3.87. The number of carbonyl (C=O) groups excluding carboxylic acids is 2. The largest absolute Gasteiger partial charge is 0.416 e. The highest BCUT2D eigenvalue weighted by molar-refractivity contribution is 6.11. The number of hydrogen-bond acceptors (Lipinski definition) is 10. The molecule has 0 radical (unpaired) electrons. The zero-order chi connectivity index (χ0) is 53.8. The molecule has 4 aromatic carbocycles. The molecule has 396 valence electrons. The van der Waals surface area contributed by atoms with E-state index in [2.05, 4.69) is 30.6 Å². The van der Waals surface area contributed by atoms with E-state index < -0.39 is 35.3 Å². The number of pyridine rings is 2. The highest BCUT2D eigenvalue weighted by Crippen LogP contribution is 2.54. The van der Waals surface area contributed by atoms with Crippen LogP contribution >= 0.6 is 0 Å². The lowest BCUT2D eigenvalue weighted by atomic mass is 9.98. The Bertz CT molecular complexity index is 3730. The van der Waals surface area contributed by atoms with Gasteiger partial charge in [0.15, 0.2) is 11.6 Å². The molecule has 4 aromatic heterocycles. The van der Waals surface area contributed by atoms with Gasteiger partial charge in [-0.15, -0.1) is 20.4 Å². The molecule has 13 rings (SSSR count). The van der Waals surface area contributed by atoms with E-state index in [4.69, 9.17) is 9.97 Å². The fourth-order valence-electron chi connectivity index (χ4n) is 11.9. The Morgan fingerprint density at radius 3 is 1.92 bits per heavy atom. The van der Waals surface area contributed by atoms with E-state index >= 15 is 0 Å². The predicted octanol–water partition coefficient (Wildman–Crippen LogP) is 11.4. The number of likely N-dealkylation sites (tertiary alicyclic amines) is 1. The number of alkyl halides is 6. The quantitative estimate of drug-likeness (QED) is 0.111. The van der Waals surface area contributed by atoms with Gasteiger partial charge in [-0.2, -0.15) is 26.3 Å². The molecule has 2 saturated carbocycles. The van der Waals surface area contributed by atoms with Crippen LogP contribution in [0.5, 0.6) is 0 Å². The number of rotatable bonds is 13. The minimum Gasteiger partial charge on any atom is -0.370 e. The topological polar surface area (TPSA) is 143 Å². The number of fused-ring (bicyclic) bond motifs is 2. The molecule has 20 heteroatoms. The van der Waals surface area contributed by atoms with Crippen LogP contribution in [-0.2, 0) is 45.6 Å². The molecular weight excluding hydrogens is 1010 g/mol. The molecule has 1 N–H and O–H groups in total. The zero-order valence-corrected chi connectivity index (χ0v) is 42.4. The van der Waals surface area contributed by atoms with Gasteiger partial charge in [-0.25, -0.2) is 9.97 Å². The van der Waals surface area contributed by atoms with Gasteiger partial charge in [-0.3, -0.25) is 24.3 Å². The molecule has 2 aliphatic carbocycles. The van der Waals surface area contributed by atoms with E-state index in [1.54, 1.807) is 35.4 Å². The lowest BCUT2D eigenvalue weighted by Gasteiger charge is -2.19. The Morgan fingerprint density at radius 2 is 1.27 bits per heavy atom. The Hall–Kier alpha value is -8.26. The van der Waals surface area contributed by atoms with Crippen LogP contribution < -0.4 is 15.1 Å². The Labute approximate surface area is 443 Å². The van der Waals surface area contributed by atoms with Crippen molar-refractivity contribution in [1.29, 1.82) is 0 Å². The van der Waals surface area contributed by atoms with Crippen molar-refractivity contribution in [2.45, 2.75) is 77.1 Å². The number of anilines is 3. The second kappa shape index (κ2) is 18.5. The summed E-state index contributed by atoms with van der Waals surface area (Å²) in [7, 11) is 1.83. The van der Waals surface area contributed by atoms with Crippen molar-refractivity contribution in [2.24, 2.45) is 18.4 Å². The molecular formula is C58H50F6N12O2. The van der Waals surface area contributed by atoms with Crippen molar-refractivity contribution < 1.29 is 35.9 Å². The van der Waals surface area contributed by atoms with Crippen LogP contribution in [0.3, 0.4) is 0 Å². The minimum atomic E-state index is -4.68. The van der Waals surface area contributed by atoms with Gasteiger partial charge in [0.2, 0.25) is 0 Å². The van der Waals surface area contributed by atoms with Crippen molar-refractivity contribution in [1.82, 2.24) is 44.4 Å². The first-order valence-electron chi connectivity index (χ1n) is 26.0. The van der Waals surface area contributed by atoms with Crippen LogP contribution in [0.1, 0.15) is 92.8 Å². The van der Waals surface area contributed by atoms with Gasteiger partial charge in [0.05, 0.1) is 24.2 Å². The van der Waals surface area contributed by atoms with Gasteiger partial charge in [0, 0.05) is 67.1 Å². The number of benzene rings is 4. The summed E-state index contributed by atoms with van der Waals surface area (Å²) in [6, 6.07) is 28.9. The minimum absolute atomic E-state index is 0.00259. The number of nitrogens with zero attached hydrogens (tertiary/aromatic N) is 11. The Balaban J connectivity index is 0.811. The standard InChI is InChI=1S/C58H50F6N12O2/c1-3-65-49-23-35(25-51(69-49)76-29-45-43(55(76)78)19-33(20-47(45)58(62,63)64)26-73-18-17-56(30-73)15-16-56)38-10-5-7-12-40(38)53-71-67-32-74(53)27-36-21-42(36)48-22-34(37-9-4-6-11-39(37)52-70-66-31-72(52)2)24-50(68-48)75-28-44-41(54(75)77)13-8-14-46(44)57(59,60)61/h4-14,19-20,22-25,31-32,36,42H,3,15-18,21,26-30H2,1-2H3,(H,65,69). The number of nitrogens with one attached hydrogen (secondary N) is 1. The number of halogens is 6. The van der Waals surface area contributed by atoms with E-state index in [0.29, 0.717) is 82.4 Å². The molecule has 1 saturated heterocycles. The van der Waals surface area contributed by atoms with E-state index in [1.165, 1.54) is 28.0 Å². The van der Waals surface area contributed by atoms with Gasteiger partial charge < -0.3 is 14.5 Å². The first-order chi connectivity index (χ1) is 37.5. The van der Waals surface area contributed by atoms with Crippen molar-refractivity contribution in [3.63, 3.8) is 0 Å². The first-order valence-corrected chi connectivity index (χ1v) is 26.0. The highest BCUT2D eigenvalue weighted by atomic mass is 19.4. The lowest BCUT2D eigenvalue weighted by molar-refractivity contribution is -0.139. The van der Waals surface area contributed by atoms with E-state index in [9.17, 15) is 35.9 Å². The van der Waals surface area contributed by atoms with Crippen LogP contribution in [0.2, 0.25) is 0 Å². The van der Waals surface area contributed by atoms with Crippen LogP contribution in [-0.4, -0.2) is 75.8 Å². The monoisotopic (exact) mass is 1060 g/mol. The smallest absolute Gasteiger partial charge is 0.370 e. The lowest BCUT2D eigenvalue weighted by Crippen LogP contribution is -2.24. The summed E-state index contributed by atoms with van der Waals surface area (Å²) in [5, 5.41) is 20.7. The predicted molar refractivity (Wildman–Crippen MR) is 279 cm³/mol. The van der Waals surface area contributed by atoms with Crippen LogP contribution in [0.4, 0.5) is 43.8 Å². The summed E-state index contributed by atoms with van der Waals surface area (Å²) in [5.74, 6) is 0.729. The number of aromatic nitrogens is 8. The van der Waals surface area contributed by atoms with Crippen LogP contribution in [0.15, 0.2) is 116 Å². The van der Waals surface area contributed by atoms with Gasteiger partial charge in [-0.1, -0.05) is 54.6 Å². The summed E-state index contributed by atoms with van der Waals surface area (Å²) in [6.07, 6.45) is -2.08. The molecule has 2 amide bonds. The number of aryl methyl sites for hydroxylation is 1. The second-order valence-corrected chi connectivity index (χ2v) is 21.3. The SMILES string of the molecule is CCNc1cc(-c2ccccc2-c2nncn2CC2CC2c2cc(-c3ccccc3-c3nncn3C)cc(N3Cc4c(cccc4C(F)(F)F)C3=O)n2)cc(N2Cc3c(cc(CN4CCC5(CC5)C4)cc3C(F)(F)F)C2=O)n1. The molecule has 5 aliphatic rings. The van der Waals surface area contributed by atoms with Crippen LogP contribution in [0, 0.1) is 11.3 Å². The van der Waals surface area contributed by atoms with Crippen LogP contribution in [0.25, 0.3) is 45.0 Å². The van der Waals surface area contributed by atoms with Gasteiger partial charge in [0.25, 0.3) is 11.8 Å². The van der Waals surface area contributed by atoms with Gasteiger partial charge in [-0.05, 0) is 138 Å². The number of amides is 2. The number of hydrogen-bond donors (Lipinski definition) is 1. The Morgan fingerprint density at radius 1 is 0.654 bits per heavy atom. The zero-order valence-electron chi connectivity index (χ0n) is 42.4. The molecule has 78 heavy (non-hydrogen) atoms. The molecule has 3 fully saturated rings. The summed E-state index contributed by atoms with van der Waals surface area (Å²) >= 11 is 0. The maximum atomic E-state index is 14.9. The van der Waals surface area contributed by atoms with Gasteiger partial charge >= 0.3 is 12.4 Å². The van der Waals surface area contributed by atoms with Gasteiger partial charge in [0.1, 0.15) is 30.1 Å². The third-order valence-corrected chi connectivity index (χ3v) is 16.1. The van der Waals surface area contributed by atoms with Crippen molar-refractivity contribution in [3.05, 3.63) is 160 Å². The van der Waals surface area contributed by atoms with Crippen molar-refractivity contribution >= 4 is 29.3 Å². The molecule has 3 aliphatic heterocycles. The normalized spacial score (nSPS) is 18.6. The number of carbonyl (C=O) groups is 2. The van der Waals surface area contributed by atoms with Crippen molar-refractivity contribution in [3.8, 4) is 45.0 Å². The second-order valence-electron chi connectivity index (χ2n) is 21.3. The van der Waals surface area contributed by atoms with E-state index in [1.807, 2.05) is 79.2 Å². The fraction of sp³-hybridized carbons (Fsp3) is 0.310. The Kier molecular flexibility index (Phi) is 11.7. The maximum Gasteiger partial charge on any atom is 0.416 e. The van der Waals surface area contributed by atoms with Crippen molar-refractivity contribution in [2.75, 3.05) is 34.8 Å². The fourth-order valence-corrected chi connectivity index (χ4v) is 11.9. The molecule has 2 atom stereocenters. The first kappa shape index (κ1) is 49.3. The molecule has 8 aromatic rings. The van der Waals surface area contributed by atoms with E-state index in [0.717, 1.165) is 49.5 Å². The molecule has 7 heterocycles. The molecule has 2 unspecified atom stereocenters. The average Bonchev–Trinajstić information content (AvgIpc) is 4.05. The molecule has 1 spiro atoms. The molecule has 14 nitrogen and oxygen atoms in total.